The number of nitrogens with two attached hydrogens (primary N) is 2. The molecule has 0 aliphatic carbocycles. The number of rotatable bonds is 10. The number of aromatic nitrogens is 1. The molecule has 1 aromatic heterocycles. The molecular weight excluding hydrogens is 422 g/mol. The van der Waals surface area contributed by atoms with E-state index in [9.17, 15) is 8.78 Å². The molecule has 0 amide bonds. The van der Waals surface area contributed by atoms with Gasteiger partial charge in [-0.2, -0.15) is 0 Å². The van der Waals surface area contributed by atoms with E-state index in [4.69, 9.17) is 11.6 Å². The zero-order chi connectivity index (χ0) is 24.0. The lowest BCUT2D eigenvalue weighted by Gasteiger charge is -2.33. The molecule has 2 aromatic rings. The molecule has 33 heavy (non-hydrogen) atoms. The minimum Gasteiger partial charge on any atom is -0.403 e. The molecule has 1 saturated heterocycles. The lowest BCUT2D eigenvalue weighted by molar-refractivity contribution is 0.332. The van der Waals surface area contributed by atoms with Crippen LogP contribution in [0.5, 0.6) is 0 Å². The number of hydrogen-bond acceptors (Lipinski definition) is 6. The second-order valence-corrected chi connectivity index (χ2v) is 8.13. The van der Waals surface area contributed by atoms with Crippen molar-refractivity contribution in [1.29, 1.82) is 0 Å². The van der Waals surface area contributed by atoms with Gasteiger partial charge in [-0.25, -0.2) is 8.78 Å². The number of halogens is 2. The number of likely N-dealkylation sites (tertiary alicyclic amines) is 1. The maximum Gasteiger partial charge on any atom is 0.147 e. The van der Waals surface area contributed by atoms with Gasteiger partial charge in [0, 0.05) is 48.0 Å². The Hall–Kier alpha value is -3.39. The van der Waals surface area contributed by atoms with Crippen molar-refractivity contribution >= 4 is 0 Å². The first-order chi connectivity index (χ1) is 15.9. The first-order valence-electron chi connectivity index (χ1n) is 11.0. The van der Waals surface area contributed by atoms with Crippen molar-refractivity contribution in [1.82, 2.24) is 20.6 Å². The van der Waals surface area contributed by atoms with Gasteiger partial charge in [0.2, 0.25) is 0 Å². The number of pyridine rings is 1. The summed E-state index contributed by atoms with van der Waals surface area (Å²) in [4.78, 5) is 6.00. The standard InChI is InChI=1S/C25H32F2N6/c1-4-18-7-8-19(13-22(18)26)25(21-9-10-30-15-23(21)27)31-17(3)24-6-5-11-33(24)16(2)12-20(14-28)32-29/h7-10,13-15,24-25,31-32H,2-6,11-12,28-29H2,1H3/b20-14-. The molecule has 8 heteroatoms. The highest BCUT2D eigenvalue weighted by molar-refractivity contribution is 5.36. The molecule has 2 unspecified atom stereocenters. The van der Waals surface area contributed by atoms with Crippen molar-refractivity contribution in [2.45, 2.75) is 44.7 Å². The summed E-state index contributed by atoms with van der Waals surface area (Å²) in [5.74, 6) is 4.73. The molecule has 0 bridgehead atoms. The molecule has 0 radical (unpaired) electrons. The fourth-order valence-electron chi connectivity index (χ4n) is 4.26. The minimum atomic E-state index is -0.623. The monoisotopic (exact) mass is 454 g/mol. The summed E-state index contributed by atoms with van der Waals surface area (Å²) in [6.07, 6.45) is 6.97. The number of hydrogen-bond donors (Lipinski definition) is 4. The molecule has 1 aromatic carbocycles. The predicted molar refractivity (Wildman–Crippen MR) is 127 cm³/mol. The van der Waals surface area contributed by atoms with Crippen LogP contribution in [0.2, 0.25) is 0 Å². The van der Waals surface area contributed by atoms with Crippen LogP contribution in [0.4, 0.5) is 8.78 Å². The number of nitrogens with zero attached hydrogens (tertiary/aromatic N) is 2. The average Bonchev–Trinajstić information content (AvgIpc) is 3.31. The third-order valence-electron chi connectivity index (χ3n) is 6.08. The maximum atomic E-state index is 14.7. The van der Waals surface area contributed by atoms with Crippen molar-refractivity contribution in [3.8, 4) is 0 Å². The second kappa shape index (κ2) is 11.0. The van der Waals surface area contributed by atoms with Gasteiger partial charge in [-0.3, -0.25) is 10.8 Å². The zero-order valence-electron chi connectivity index (χ0n) is 19.0. The van der Waals surface area contributed by atoms with Crippen LogP contribution in [0.25, 0.3) is 0 Å². The number of benzene rings is 1. The highest BCUT2D eigenvalue weighted by Crippen LogP contribution is 2.31. The van der Waals surface area contributed by atoms with Gasteiger partial charge in [-0.1, -0.05) is 32.2 Å². The van der Waals surface area contributed by atoms with E-state index in [0.29, 0.717) is 40.9 Å². The number of hydrazine groups is 1. The molecule has 0 saturated carbocycles. The fraction of sp³-hybridized carbons (Fsp3) is 0.320. The van der Waals surface area contributed by atoms with Gasteiger partial charge in [-0.05, 0) is 42.5 Å². The predicted octanol–water partition coefficient (Wildman–Crippen LogP) is 3.75. The second-order valence-electron chi connectivity index (χ2n) is 8.13. The van der Waals surface area contributed by atoms with E-state index in [1.165, 1.54) is 18.5 Å². The Morgan fingerprint density at radius 2 is 2.09 bits per heavy atom. The molecule has 2 heterocycles. The van der Waals surface area contributed by atoms with E-state index in [1.807, 2.05) is 13.0 Å². The molecular formula is C25H32F2N6. The molecule has 176 valence electrons. The summed E-state index contributed by atoms with van der Waals surface area (Å²) in [5, 5.41) is 3.37. The molecule has 1 aliphatic heterocycles. The van der Waals surface area contributed by atoms with Gasteiger partial charge in [0.05, 0.1) is 18.3 Å². The van der Waals surface area contributed by atoms with Gasteiger partial charge in [0.1, 0.15) is 11.6 Å². The Morgan fingerprint density at radius 1 is 1.30 bits per heavy atom. The summed E-state index contributed by atoms with van der Waals surface area (Å²) in [7, 11) is 0. The maximum absolute atomic E-state index is 14.7. The van der Waals surface area contributed by atoms with Crippen molar-refractivity contribution in [3.05, 3.63) is 101 Å². The molecule has 6 nitrogen and oxygen atoms in total. The molecule has 3 rings (SSSR count). The van der Waals surface area contributed by atoms with E-state index in [-0.39, 0.29) is 11.9 Å². The Labute approximate surface area is 194 Å². The van der Waals surface area contributed by atoms with Gasteiger partial charge < -0.3 is 21.4 Å². The van der Waals surface area contributed by atoms with Crippen molar-refractivity contribution in [2.24, 2.45) is 11.6 Å². The molecule has 1 fully saturated rings. The minimum absolute atomic E-state index is 0.0542. The lowest BCUT2D eigenvalue weighted by atomic mass is 9.96. The van der Waals surface area contributed by atoms with Gasteiger partial charge in [0.15, 0.2) is 0 Å². The summed E-state index contributed by atoms with van der Waals surface area (Å²) in [6.45, 7) is 11.2. The normalized spacial score (nSPS) is 17.0. The van der Waals surface area contributed by atoms with Crippen LogP contribution in [-0.4, -0.2) is 22.5 Å². The summed E-state index contributed by atoms with van der Waals surface area (Å²) < 4.78 is 29.4. The lowest BCUT2D eigenvalue weighted by Crippen LogP contribution is -2.37. The Kier molecular flexibility index (Phi) is 8.06. The van der Waals surface area contributed by atoms with E-state index in [1.54, 1.807) is 12.1 Å². The molecule has 0 spiro atoms. The third kappa shape index (κ3) is 5.51. The Bertz CT molecular complexity index is 1040. The quantitative estimate of drug-likeness (QED) is 0.323. The summed E-state index contributed by atoms with van der Waals surface area (Å²) in [6, 6.07) is 5.94. The van der Waals surface area contributed by atoms with E-state index >= 15 is 0 Å². The molecule has 1 aliphatic rings. The van der Waals surface area contributed by atoms with E-state index < -0.39 is 11.9 Å². The van der Waals surface area contributed by atoms with Crippen LogP contribution in [0, 0.1) is 11.6 Å². The summed E-state index contributed by atoms with van der Waals surface area (Å²) in [5.41, 5.74) is 12.0. The van der Waals surface area contributed by atoms with Crippen LogP contribution < -0.4 is 22.3 Å². The van der Waals surface area contributed by atoms with Crippen molar-refractivity contribution in [2.75, 3.05) is 6.54 Å². The van der Waals surface area contributed by atoms with Crippen LogP contribution >= 0.6 is 0 Å². The van der Waals surface area contributed by atoms with Crippen LogP contribution in [-0.2, 0) is 6.42 Å². The SMILES string of the molecule is C=C(NC(c1ccc(CC)c(F)c1)c1ccncc1F)C1CCCN1C(=C)C/C(=C/N)NN. The zero-order valence-corrected chi connectivity index (χ0v) is 19.0. The first-order valence-corrected chi connectivity index (χ1v) is 11.0. The van der Waals surface area contributed by atoms with Crippen LogP contribution in [0.3, 0.4) is 0 Å². The fourth-order valence-corrected chi connectivity index (χ4v) is 4.26. The Morgan fingerprint density at radius 3 is 2.73 bits per heavy atom. The smallest absolute Gasteiger partial charge is 0.147 e. The van der Waals surface area contributed by atoms with Crippen molar-refractivity contribution < 1.29 is 8.78 Å². The highest BCUT2D eigenvalue weighted by atomic mass is 19.1. The van der Waals surface area contributed by atoms with Crippen LogP contribution in [0.15, 0.2) is 73.1 Å². The van der Waals surface area contributed by atoms with E-state index in [0.717, 1.165) is 31.3 Å². The van der Waals surface area contributed by atoms with Crippen LogP contribution in [0.1, 0.15) is 48.9 Å². The molecule has 6 N–H and O–H groups in total. The Balaban J connectivity index is 1.88. The highest BCUT2D eigenvalue weighted by Gasteiger charge is 2.30. The summed E-state index contributed by atoms with van der Waals surface area (Å²) >= 11 is 0. The molecule has 2 atom stereocenters. The van der Waals surface area contributed by atoms with Gasteiger partial charge >= 0.3 is 0 Å². The number of nitrogens with one attached hydrogen (secondary N) is 2. The largest absolute Gasteiger partial charge is 0.403 e. The van der Waals surface area contributed by atoms with Gasteiger partial charge in [-0.15, -0.1) is 0 Å². The van der Waals surface area contributed by atoms with Crippen molar-refractivity contribution in [3.63, 3.8) is 0 Å². The first kappa shape index (κ1) is 24.3. The average molecular weight is 455 g/mol. The van der Waals surface area contributed by atoms with Gasteiger partial charge in [0.25, 0.3) is 0 Å². The number of aryl methyl sites for hydroxylation is 1. The third-order valence-corrected chi connectivity index (χ3v) is 6.08. The topological polar surface area (TPSA) is 92.2 Å². The van der Waals surface area contributed by atoms with E-state index in [2.05, 4.69) is 33.8 Å².